The summed E-state index contributed by atoms with van der Waals surface area (Å²) in [6.07, 6.45) is 5.56. The molecule has 30 heavy (non-hydrogen) atoms. The van der Waals surface area contributed by atoms with E-state index in [2.05, 4.69) is 5.32 Å². The predicted octanol–water partition coefficient (Wildman–Crippen LogP) is 2.05. The van der Waals surface area contributed by atoms with Gasteiger partial charge in [-0.05, 0) is 32.3 Å². The van der Waals surface area contributed by atoms with Crippen LogP contribution in [0.4, 0.5) is 5.69 Å². The zero-order valence-electron chi connectivity index (χ0n) is 17.5. The molecule has 1 aromatic carbocycles. The summed E-state index contributed by atoms with van der Waals surface area (Å²) in [5, 5.41) is 14.2. The summed E-state index contributed by atoms with van der Waals surface area (Å²) in [5.74, 6) is -0.00673. The summed E-state index contributed by atoms with van der Waals surface area (Å²) in [4.78, 5) is 25.0. The summed E-state index contributed by atoms with van der Waals surface area (Å²) in [5.41, 5.74) is 0.231. The number of nitrogens with one attached hydrogen (secondary N) is 1. The van der Waals surface area contributed by atoms with E-state index in [1.807, 2.05) is 11.8 Å². The van der Waals surface area contributed by atoms with Crippen LogP contribution in [0.1, 0.15) is 44.6 Å². The number of aryl methyl sites for hydroxylation is 1. The Morgan fingerprint density at radius 2 is 1.80 bits per heavy atom. The lowest BCUT2D eigenvalue weighted by molar-refractivity contribution is -0.385. The maximum atomic E-state index is 13.1. The van der Waals surface area contributed by atoms with Crippen molar-refractivity contribution >= 4 is 21.6 Å². The highest BCUT2D eigenvalue weighted by atomic mass is 32.2. The number of nitrogens with zero attached hydrogens (tertiary/aromatic N) is 3. The zero-order chi connectivity index (χ0) is 21.9. The third kappa shape index (κ3) is 4.98. The van der Waals surface area contributed by atoms with Gasteiger partial charge in [-0.2, -0.15) is 4.31 Å². The molecule has 0 bridgehead atoms. The maximum Gasteiger partial charge on any atom is 0.270 e. The molecule has 10 heteroatoms. The van der Waals surface area contributed by atoms with Crippen LogP contribution in [0.3, 0.4) is 0 Å². The highest BCUT2D eigenvalue weighted by Gasteiger charge is 2.33. The molecule has 1 aliphatic heterocycles. The van der Waals surface area contributed by atoms with Gasteiger partial charge in [-0.25, -0.2) is 8.42 Å². The normalized spacial score (nSPS) is 20.6. The first-order valence-electron chi connectivity index (χ1n) is 10.5. The fourth-order valence-corrected chi connectivity index (χ4v) is 5.85. The second kappa shape index (κ2) is 9.40. The van der Waals surface area contributed by atoms with Crippen LogP contribution in [-0.2, 0) is 14.8 Å². The van der Waals surface area contributed by atoms with E-state index in [0.29, 0.717) is 18.7 Å². The molecule has 2 aliphatic rings. The molecule has 1 amide bonds. The molecule has 0 unspecified atom stereocenters. The van der Waals surface area contributed by atoms with E-state index >= 15 is 0 Å². The number of carbonyl (C=O) groups excluding carboxylic acids is 1. The van der Waals surface area contributed by atoms with Gasteiger partial charge in [0.25, 0.3) is 5.69 Å². The quantitative estimate of drug-likeness (QED) is 0.537. The molecule has 0 spiro atoms. The molecule has 1 saturated heterocycles. The monoisotopic (exact) mass is 438 g/mol. The smallest absolute Gasteiger partial charge is 0.270 e. The summed E-state index contributed by atoms with van der Waals surface area (Å²) in [7, 11) is -3.84. The van der Waals surface area contributed by atoms with E-state index in [1.165, 1.54) is 22.9 Å². The summed E-state index contributed by atoms with van der Waals surface area (Å²) < 4.78 is 27.5. The van der Waals surface area contributed by atoms with Crippen molar-refractivity contribution in [2.45, 2.75) is 62.9 Å². The van der Waals surface area contributed by atoms with Crippen molar-refractivity contribution in [1.82, 2.24) is 14.5 Å². The number of benzene rings is 1. The van der Waals surface area contributed by atoms with Crippen molar-refractivity contribution in [2.75, 3.05) is 26.2 Å². The predicted molar refractivity (Wildman–Crippen MR) is 113 cm³/mol. The van der Waals surface area contributed by atoms with Gasteiger partial charge >= 0.3 is 0 Å². The van der Waals surface area contributed by atoms with Crippen LogP contribution in [0.2, 0.25) is 0 Å². The van der Waals surface area contributed by atoms with Crippen LogP contribution in [0.25, 0.3) is 0 Å². The minimum Gasteiger partial charge on any atom is -0.352 e. The first-order valence-corrected chi connectivity index (χ1v) is 11.9. The van der Waals surface area contributed by atoms with Crippen LogP contribution in [-0.4, -0.2) is 66.7 Å². The Bertz CT molecular complexity index is 890. The number of sulfonamides is 1. The molecule has 0 aromatic heterocycles. The lowest BCUT2D eigenvalue weighted by atomic mass is 9.95. The number of non-ortho nitro benzene ring substituents is 1. The van der Waals surface area contributed by atoms with E-state index in [-0.39, 0.29) is 41.7 Å². The average molecular weight is 439 g/mol. The van der Waals surface area contributed by atoms with E-state index in [9.17, 15) is 23.3 Å². The fourth-order valence-electron chi connectivity index (χ4n) is 4.19. The SMILES string of the molecule is Cc1ccc([N+](=O)[O-])cc1S(=O)(=O)N1CCN([C@@H](C)C(=O)NC2CCCCC2)CC1. The zero-order valence-corrected chi connectivity index (χ0v) is 18.4. The molecule has 2 fully saturated rings. The van der Waals surface area contributed by atoms with Gasteiger partial charge in [-0.1, -0.05) is 25.3 Å². The van der Waals surface area contributed by atoms with Gasteiger partial charge in [0.1, 0.15) is 0 Å². The van der Waals surface area contributed by atoms with Crippen LogP contribution in [0.15, 0.2) is 23.1 Å². The van der Waals surface area contributed by atoms with Crippen molar-refractivity contribution in [2.24, 2.45) is 0 Å². The van der Waals surface area contributed by atoms with Gasteiger partial charge in [-0.15, -0.1) is 0 Å². The molecule has 1 aliphatic carbocycles. The minimum absolute atomic E-state index is 0.00673. The van der Waals surface area contributed by atoms with Crippen molar-refractivity contribution < 1.29 is 18.1 Å². The van der Waals surface area contributed by atoms with Crippen LogP contribution < -0.4 is 5.32 Å². The molecular weight excluding hydrogens is 408 g/mol. The molecule has 1 aromatic rings. The van der Waals surface area contributed by atoms with Gasteiger partial charge in [0.15, 0.2) is 0 Å². The number of rotatable bonds is 6. The first-order chi connectivity index (χ1) is 14.2. The standard InChI is InChI=1S/C20H30N4O5S/c1-15-8-9-18(24(26)27)14-19(15)30(28,29)23-12-10-22(11-13-23)16(2)20(25)21-17-6-4-3-5-7-17/h8-9,14,16-17H,3-7,10-13H2,1-2H3,(H,21,25)/t16-/m0/s1. The van der Waals surface area contributed by atoms with Crippen molar-refractivity contribution in [3.8, 4) is 0 Å². The Hall–Kier alpha value is -2.04. The highest BCUT2D eigenvalue weighted by molar-refractivity contribution is 7.89. The Morgan fingerprint density at radius 3 is 2.40 bits per heavy atom. The molecular formula is C20H30N4O5S. The second-order valence-corrected chi connectivity index (χ2v) is 10.1. The number of hydrogen-bond donors (Lipinski definition) is 1. The van der Waals surface area contributed by atoms with Gasteiger partial charge in [0.05, 0.1) is 15.9 Å². The van der Waals surface area contributed by atoms with Crippen LogP contribution in [0, 0.1) is 17.0 Å². The molecule has 1 saturated carbocycles. The molecule has 9 nitrogen and oxygen atoms in total. The molecule has 166 valence electrons. The van der Waals surface area contributed by atoms with E-state index in [1.54, 1.807) is 6.92 Å². The van der Waals surface area contributed by atoms with E-state index < -0.39 is 14.9 Å². The largest absolute Gasteiger partial charge is 0.352 e. The summed E-state index contributed by atoms with van der Waals surface area (Å²) in [6, 6.07) is 3.80. The molecule has 1 heterocycles. The lowest BCUT2D eigenvalue weighted by Gasteiger charge is -2.37. The van der Waals surface area contributed by atoms with Gasteiger partial charge in [0, 0.05) is 44.4 Å². The number of amides is 1. The molecule has 1 atom stereocenters. The molecule has 1 N–H and O–H groups in total. The Kier molecular flexibility index (Phi) is 7.10. The number of piperazine rings is 1. The van der Waals surface area contributed by atoms with Gasteiger partial charge in [-0.3, -0.25) is 19.8 Å². The number of hydrogen-bond acceptors (Lipinski definition) is 6. The summed E-state index contributed by atoms with van der Waals surface area (Å²) >= 11 is 0. The Balaban J connectivity index is 1.62. The molecule has 3 rings (SSSR count). The van der Waals surface area contributed by atoms with Crippen LogP contribution >= 0.6 is 0 Å². The topological polar surface area (TPSA) is 113 Å². The van der Waals surface area contributed by atoms with Crippen LogP contribution in [0.5, 0.6) is 0 Å². The molecule has 0 radical (unpaired) electrons. The number of nitro benzene ring substituents is 1. The van der Waals surface area contributed by atoms with Crippen molar-refractivity contribution in [3.63, 3.8) is 0 Å². The summed E-state index contributed by atoms with van der Waals surface area (Å²) in [6.45, 7) is 4.84. The van der Waals surface area contributed by atoms with E-state index in [4.69, 9.17) is 0 Å². The fraction of sp³-hybridized carbons (Fsp3) is 0.650. The van der Waals surface area contributed by atoms with Gasteiger partial charge < -0.3 is 5.32 Å². The van der Waals surface area contributed by atoms with Crippen molar-refractivity contribution in [3.05, 3.63) is 33.9 Å². The third-order valence-electron chi connectivity index (χ3n) is 6.15. The third-order valence-corrected chi connectivity index (χ3v) is 8.19. The second-order valence-electron chi connectivity index (χ2n) is 8.17. The van der Waals surface area contributed by atoms with E-state index in [0.717, 1.165) is 31.7 Å². The number of nitro groups is 1. The number of carbonyl (C=O) groups is 1. The first kappa shape index (κ1) is 22.6. The average Bonchev–Trinajstić information content (AvgIpc) is 2.74. The lowest BCUT2D eigenvalue weighted by Crippen LogP contribution is -2.56. The Labute approximate surface area is 177 Å². The highest BCUT2D eigenvalue weighted by Crippen LogP contribution is 2.26. The van der Waals surface area contributed by atoms with Gasteiger partial charge in [0.2, 0.25) is 15.9 Å². The minimum atomic E-state index is -3.84. The maximum absolute atomic E-state index is 13.1. The Morgan fingerprint density at radius 1 is 1.17 bits per heavy atom. The van der Waals surface area contributed by atoms with Crippen molar-refractivity contribution in [1.29, 1.82) is 0 Å².